The van der Waals surface area contributed by atoms with Gasteiger partial charge in [-0.15, -0.1) is 0 Å². The maximum absolute atomic E-state index is 11.6. The Morgan fingerprint density at radius 3 is 2.81 bits per heavy atom. The second-order valence-corrected chi connectivity index (χ2v) is 5.23. The van der Waals surface area contributed by atoms with Crippen molar-refractivity contribution in [2.75, 3.05) is 0 Å². The van der Waals surface area contributed by atoms with Crippen LogP contribution >= 0.6 is 0 Å². The normalized spacial score (nSPS) is 33.7. The van der Waals surface area contributed by atoms with Gasteiger partial charge in [0.25, 0.3) is 5.91 Å². The number of hydrogen-bond donors (Lipinski definition) is 1. The first kappa shape index (κ1) is 11.6. The van der Waals surface area contributed by atoms with E-state index in [4.69, 9.17) is 0 Å². The summed E-state index contributed by atoms with van der Waals surface area (Å²) in [6, 6.07) is 0.155. The predicted molar refractivity (Wildman–Crippen MR) is 61.9 cm³/mol. The molecule has 0 bridgehead atoms. The van der Waals surface area contributed by atoms with Crippen LogP contribution in [0.3, 0.4) is 0 Å². The average Bonchev–Trinajstić information content (AvgIpc) is 2.56. The Morgan fingerprint density at radius 1 is 1.25 bits per heavy atom. The molecule has 3 nitrogen and oxygen atoms in total. The molecular formula is C13H21NO2. The van der Waals surface area contributed by atoms with E-state index in [0.717, 1.165) is 12.8 Å². The van der Waals surface area contributed by atoms with Crippen LogP contribution in [0.4, 0.5) is 0 Å². The highest BCUT2D eigenvalue weighted by molar-refractivity contribution is 6.39. The van der Waals surface area contributed by atoms with E-state index in [2.05, 4.69) is 12.2 Å². The Bertz CT molecular complexity index is 288. The van der Waals surface area contributed by atoms with Crippen molar-refractivity contribution >= 4 is 11.7 Å². The first-order valence-electron chi connectivity index (χ1n) is 6.57. The number of carbonyl (C=O) groups is 2. The minimum Gasteiger partial charge on any atom is -0.346 e. The molecule has 1 amide bonds. The quantitative estimate of drug-likeness (QED) is 0.585. The second-order valence-electron chi connectivity index (χ2n) is 5.23. The molecule has 0 aromatic heterocycles. The van der Waals surface area contributed by atoms with Crippen LogP contribution in [0.5, 0.6) is 0 Å². The molecule has 1 saturated carbocycles. The van der Waals surface area contributed by atoms with Gasteiger partial charge in [0.1, 0.15) is 0 Å². The van der Waals surface area contributed by atoms with Crippen molar-refractivity contribution < 1.29 is 9.59 Å². The smallest absolute Gasteiger partial charge is 0.287 e. The van der Waals surface area contributed by atoms with Crippen molar-refractivity contribution in [3.8, 4) is 0 Å². The van der Waals surface area contributed by atoms with Gasteiger partial charge in [0.2, 0.25) is 5.78 Å². The zero-order valence-corrected chi connectivity index (χ0v) is 10.00. The molecule has 1 heterocycles. The Kier molecular flexibility index (Phi) is 3.62. The molecule has 90 valence electrons. The standard InChI is InChI=1S/C13H21NO2/c1-2-3-4-5-9-6-7-11-10(8-9)12(15)13(16)14-11/h9-11H,2-8H2,1H3,(H,14,16). The number of Topliss-reactive ketones (excluding diaryl/α,β-unsaturated/α-hetero) is 1. The van der Waals surface area contributed by atoms with Crippen molar-refractivity contribution in [3.63, 3.8) is 0 Å². The number of ketones is 1. The summed E-state index contributed by atoms with van der Waals surface area (Å²) in [7, 11) is 0. The second kappa shape index (κ2) is 4.98. The molecule has 2 rings (SSSR count). The van der Waals surface area contributed by atoms with Gasteiger partial charge in [-0.25, -0.2) is 0 Å². The molecule has 3 unspecified atom stereocenters. The van der Waals surface area contributed by atoms with Crippen molar-refractivity contribution in [2.45, 2.75) is 57.9 Å². The molecule has 0 spiro atoms. The fourth-order valence-electron chi connectivity index (χ4n) is 3.07. The number of amides is 1. The summed E-state index contributed by atoms with van der Waals surface area (Å²) in [6.45, 7) is 2.21. The van der Waals surface area contributed by atoms with Gasteiger partial charge in [-0.2, -0.15) is 0 Å². The lowest BCUT2D eigenvalue weighted by Gasteiger charge is -2.29. The molecule has 1 aliphatic carbocycles. The minimum atomic E-state index is -0.343. The molecule has 3 heteroatoms. The molecule has 1 aliphatic heterocycles. The highest BCUT2D eigenvalue weighted by Crippen LogP contribution is 2.35. The van der Waals surface area contributed by atoms with Crippen molar-refractivity contribution in [1.82, 2.24) is 5.32 Å². The molecule has 16 heavy (non-hydrogen) atoms. The largest absolute Gasteiger partial charge is 0.346 e. The number of unbranched alkanes of at least 4 members (excludes halogenated alkanes) is 2. The predicted octanol–water partition coefficient (Wildman–Crippen LogP) is 2.05. The number of hydrogen-bond acceptors (Lipinski definition) is 2. The van der Waals surface area contributed by atoms with Crippen LogP contribution in [-0.2, 0) is 9.59 Å². The maximum Gasteiger partial charge on any atom is 0.287 e. The van der Waals surface area contributed by atoms with Gasteiger partial charge in [0, 0.05) is 12.0 Å². The Hall–Kier alpha value is -0.860. The van der Waals surface area contributed by atoms with Crippen LogP contribution < -0.4 is 5.32 Å². The van der Waals surface area contributed by atoms with E-state index in [1.165, 1.54) is 32.1 Å². The van der Waals surface area contributed by atoms with Gasteiger partial charge in [-0.05, 0) is 25.2 Å². The molecule has 2 aliphatic rings. The lowest BCUT2D eigenvalue weighted by Crippen LogP contribution is -2.34. The topological polar surface area (TPSA) is 46.2 Å². The molecule has 0 aromatic carbocycles. The van der Waals surface area contributed by atoms with Crippen LogP contribution in [0.25, 0.3) is 0 Å². The summed E-state index contributed by atoms with van der Waals surface area (Å²) in [5.74, 6) is 0.159. The Morgan fingerprint density at radius 2 is 2.06 bits per heavy atom. The SMILES string of the molecule is CCCCCC1CCC2NC(=O)C(=O)C2C1. The van der Waals surface area contributed by atoms with Gasteiger partial charge in [0.15, 0.2) is 0 Å². The van der Waals surface area contributed by atoms with Crippen LogP contribution in [0.15, 0.2) is 0 Å². The minimum absolute atomic E-state index is 0.00660. The zero-order chi connectivity index (χ0) is 11.5. The van der Waals surface area contributed by atoms with Gasteiger partial charge in [-0.1, -0.05) is 32.6 Å². The lowest BCUT2D eigenvalue weighted by atomic mass is 9.76. The average molecular weight is 223 g/mol. The summed E-state index contributed by atoms with van der Waals surface area (Å²) in [6.07, 6.45) is 8.16. The van der Waals surface area contributed by atoms with Crippen molar-refractivity contribution in [2.24, 2.45) is 11.8 Å². The lowest BCUT2D eigenvalue weighted by molar-refractivity contribution is -0.136. The number of rotatable bonds is 4. The first-order chi connectivity index (χ1) is 7.72. The monoisotopic (exact) mass is 223 g/mol. The van der Waals surface area contributed by atoms with Crippen LogP contribution in [0.1, 0.15) is 51.9 Å². The van der Waals surface area contributed by atoms with Crippen molar-refractivity contribution in [1.29, 1.82) is 0 Å². The van der Waals surface area contributed by atoms with Gasteiger partial charge < -0.3 is 5.32 Å². The van der Waals surface area contributed by atoms with E-state index in [0.29, 0.717) is 5.92 Å². The highest BCUT2D eigenvalue weighted by Gasteiger charge is 2.44. The van der Waals surface area contributed by atoms with Crippen LogP contribution in [0, 0.1) is 11.8 Å². The zero-order valence-electron chi connectivity index (χ0n) is 10.00. The molecule has 0 radical (unpaired) electrons. The fraction of sp³-hybridized carbons (Fsp3) is 0.846. The van der Waals surface area contributed by atoms with Gasteiger partial charge >= 0.3 is 0 Å². The van der Waals surface area contributed by atoms with Gasteiger partial charge in [-0.3, -0.25) is 9.59 Å². The van der Waals surface area contributed by atoms with E-state index in [-0.39, 0.29) is 23.7 Å². The number of fused-ring (bicyclic) bond motifs is 1. The van der Waals surface area contributed by atoms with E-state index in [1.807, 2.05) is 0 Å². The summed E-state index contributed by atoms with van der Waals surface area (Å²) in [4.78, 5) is 22.8. The molecule has 1 N–H and O–H groups in total. The number of carbonyl (C=O) groups excluding carboxylic acids is 2. The van der Waals surface area contributed by atoms with Crippen LogP contribution in [0.2, 0.25) is 0 Å². The van der Waals surface area contributed by atoms with E-state index in [1.54, 1.807) is 0 Å². The fourth-order valence-corrected chi connectivity index (χ4v) is 3.07. The summed E-state index contributed by atoms with van der Waals surface area (Å²) >= 11 is 0. The third kappa shape index (κ3) is 2.28. The van der Waals surface area contributed by atoms with E-state index < -0.39 is 0 Å². The summed E-state index contributed by atoms with van der Waals surface area (Å²) < 4.78 is 0. The van der Waals surface area contributed by atoms with E-state index in [9.17, 15) is 9.59 Å². The molecule has 0 aromatic rings. The third-order valence-corrected chi connectivity index (χ3v) is 4.05. The first-order valence-corrected chi connectivity index (χ1v) is 6.57. The number of nitrogens with one attached hydrogen (secondary N) is 1. The summed E-state index contributed by atoms with van der Waals surface area (Å²) in [5, 5.41) is 2.80. The third-order valence-electron chi connectivity index (χ3n) is 4.05. The molecule has 3 atom stereocenters. The van der Waals surface area contributed by atoms with Gasteiger partial charge in [0.05, 0.1) is 0 Å². The Balaban J connectivity index is 1.84. The molecular weight excluding hydrogens is 202 g/mol. The Labute approximate surface area is 97.0 Å². The molecule has 2 fully saturated rings. The van der Waals surface area contributed by atoms with E-state index >= 15 is 0 Å². The van der Waals surface area contributed by atoms with Crippen molar-refractivity contribution in [3.05, 3.63) is 0 Å². The van der Waals surface area contributed by atoms with Crippen LogP contribution in [-0.4, -0.2) is 17.7 Å². The molecule has 1 saturated heterocycles. The highest BCUT2D eigenvalue weighted by atomic mass is 16.2. The maximum atomic E-state index is 11.6. The summed E-state index contributed by atoms with van der Waals surface area (Å²) in [5.41, 5.74) is 0.